The Morgan fingerprint density at radius 3 is 2.68 bits per heavy atom. The summed E-state index contributed by atoms with van der Waals surface area (Å²) in [7, 11) is 1.93. The van der Waals surface area contributed by atoms with Crippen molar-refractivity contribution in [2.45, 2.75) is 19.5 Å². The lowest BCUT2D eigenvalue weighted by Gasteiger charge is -2.18. The third-order valence-corrected chi connectivity index (χ3v) is 5.18. The molecule has 1 amide bonds. The van der Waals surface area contributed by atoms with Gasteiger partial charge in [-0.05, 0) is 43.8 Å². The Balaban J connectivity index is 1.54. The van der Waals surface area contributed by atoms with Gasteiger partial charge in [-0.1, -0.05) is 35.9 Å². The maximum atomic E-state index is 12.3. The summed E-state index contributed by atoms with van der Waals surface area (Å²) in [5.74, 6) is -0.00828. The van der Waals surface area contributed by atoms with Crippen LogP contribution in [0.2, 0.25) is 5.02 Å². The number of para-hydroxylation sites is 1. The van der Waals surface area contributed by atoms with Gasteiger partial charge in [0, 0.05) is 5.02 Å². The average molecular weight is 374 g/mol. The van der Waals surface area contributed by atoms with Crippen molar-refractivity contribution in [3.63, 3.8) is 0 Å². The predicted molar refractivity (Wildman–Crippen MR) is 104 cm³/mol. The maximum Gasteiger partial charge on any atom is 0.234 e. The van der Waals surface area contributed by atoms with E-state index in [1.54, 1.807) is 11.3 Å². The first-order valence-corrected chi connectivity index (χ1v) is 9.28. The van der Waals surface area contributed by atoms with Gasteiger partial charge < -0.3 is 5.32 Å². The lowest BCUT2D eigenvalue weighted by molar-refractivity contribution is -0.122. The summed E-state index contributed by atoms with van der Waals surface area (Å²) >= 11 is 7.57. The maximum absolute atomic E-state index is 12.3. The number of nitrogens with one attached hydrogen (secondary N) is 1. The van der Waals surface area contributed by atoms with E-state index in [1.807, 2.05) is 61.3 Å². The zero-order valence-electron chi connectivity index (χ0n) is 14.2. The van der Waals surface area contributed by atoms with Crippen molar-refractivity contribution >= 4 is 39.1 Å². The van der Waals surface area contributed by atoms with E-state index in [9.17, 15) is 4.79 Å². The Hall–Kier alpha value is -1.95. The van der Waals surface area contributed by atoms with Gasteiger partial charge in [0.15, 0.2) is 0 Å². The van der Waals surface area contributed by atoms with Crippen LogP contribution in [0.1, 0.15) is 23.5 Å². The molecule has 4 nitrogen and oxygen atoms in total. The van der Waals surface area contributed by atoms with Crippen molar-refractivity contribution in [1.82, 2.24) is 15.2 Å². The topological polar surface area (TPSA) is 45.2 Å². The van der Waals surface area contributed by atoms with Gasteiger partial charge in [-0.25, -0.2) is 4.98 Å². The molecule has 1 aromatic heterocycles. The van der Waals surface area contributed by atoms with Crippen molar-refractivity contribution in [1.29, 1.82) is 0 Å². The molecule has 6 heteroatoms. The van der Waals surface area contributed by atoms with Gasteiger partial charge in [0.25, 0.3) is 0 Å². The normalized spacial score (nSPS) is 12.5. The third-order valence-electron chi connectivity index (χ3n) is 3.90. The van der Waals surface area contributed by atoms with Crippen LogP contribution in [-0.2, 0) is 11.3 Å². The van der Waals surface area contributed by atoms with Gasteiger partial charge in [-0.2, -0.15) is 0 Å². The Kier molecular flexibility index (Phi) is 5.68. The molecule has 130 valence electrons. The first kappa shape index (κ1) is 17.9. The summed E-state index contributed by atoms with van der Waals surface area (Å²) < 4.78 is 1.17. The van der Waals surface area contributed by atoms with E-state index in [4.69, 9.17) is 11.6 Å². The van der Waals surface area contributed by atoms with Gasteiger partial charge in [-0.15, -0.1) is 11.3 Å². The monoisotopic (exact) mass is 373 g/mol. The highest BCUT2D eigenvalue weighted by atomic mass is 35.5. The summed E-state index contributed by atoms with van der Waals surface area (Å²) in [6.45, 7) is 2.95. The Bertz CT molecular complexity index is 829. The predicted octanol–water partition coefficient (Wildman–Crippen LogP) is 4.26. The molecule has 1 atom stereocenters. The van der Waals surface area contributed by atoms with Crippen molar-refractivity contribution in [2.75, 3.05) is 13.6 Å². The van der Waals surface area contributed by atoms with Gasteiger partial charge in [-0.3, -0.25) is 9.69 Å². The number of amides is 1. The van der Waals surface area contributed by atoms with E-state index in [0.717, 1.165) is 16.1 Å². The second-order valence-corrected chi connectivity index (χ2v) is 7.64. The molecule has 0 bridgehead atoms. The number of nitrogens with zero attached hydrogens (tertiary/aromatic N) is 2. The van der Waals surface area contributed by atoms with E-state index in [2.05, 4.69) is 16.4 Å². The minimum absolute atomic E-state index is 0.00828. The molecule has 0 radical (unpaired) electrons. The minimum atomic E-state index is -0.0550. The molecule has 0 spiro atoms. The van der Waals surface area contributed by atoms with Crippen LogP contribution in [0.5, 0.6) is 0 Å². The third kappa shape index (κ3) is 4.78. The largest absolute Gasteiger partial charge is 0.348 e. The molecule has 0 aliphatic rings. The first-order chi connectivity index (χ1) is 12.0. The number of hydrogen-bond donors (Lipinski definition) is 1. The Morgan fingerprint density at radius 2 is 1.96 bits per heavy atom. The number of carbonyl (C=O) groups excluding carboxylic acids is 1. The zero-order chi connectivity index (χ0) is 17.8. The zero-order valence-corrected chi connectivity index (χ0v) is 15.8. The molecule has 3 aromatic rings. The summed E-state index contributed by atoms with van der Waals surface area (Å²) in [6, 6.07) is 15.5. The van der Waals surface area contributed by atoms with Crippen LogP contribution in [0.3, 0.4) is 0 Å². The minimum Gasteiger partial charge on any atom is -0.348 e. The number of hydrogen-bond acceptors (Lipinski definition) is 4. The fraction of sp³-hybridized carbons (Fsp3) is 0.263. The van der Waals surface area contributed by atoms with Crippen LogP contribution in [0.25, 0.3) is 10.2 Å². The van der Waals surface area contributed by atoms with E-state index < -0.39 is 0 Å². The summed E-state index contributed by atoms with van der Waals surface area (Å²) in [5, 5.41) is 4.73. The number of rotatable bonds is 6. The van der Waals surface area contributed by atoms with Crippen LogP contribution >= 0.6 is 22.9 Å². The quantitative estimate of drug-likeness (QED) is 0.702. The molecule has 0 fully saturated rings. The number of aromatic nitrogens is 1. The highest BCUT2D eigenvalue weighted by Crippen LogP contribution is 2.22. The summed E-state index contributed by atoms with van der Waals surface area (Å²) in [4.78, 5) is 18.9. The number of carbonyl (C=O) groups is 1. The van der Waals surface area contributed by atoms with Gasteiger partial charge in [0.2, 0.25) is 5.91 Å². The fourth-order valence-electron chi connectivity index (χ4n) is 2.64. The molecule has 3 rings (SSSR count). The van der Waals surface area contributed by atoms with Gasteiger partial charge in [0.05, 0.1) is 29.3 Å². The number of likely N-dealkylation sites (N-methyl/N-ethyl adjacent to an activating group) is 1. The number of fused-ring (bicyclic) bond motifs is 1. The van der Waals surface area contributed by atoms with Crippen molar-refractivity contribution < 1.29 is 4.79 Å². The number of benzene rings is 2. The van der Waals surface area contributed by atoms with E-state index in [1.165, 1.54) is 4.70 Å². The molecule has 1 N–H and O–H groups in total. The fourth-order valence-corrected chi connectivity index (χ4v) is 3.82. The molecular weight excluding hydrogens is 354 g/mol. The summed E-state index contributed by atoms with van der Waals surface area (Å²) in [6.07, 6.45) is 0. The van der Waals surface area contributed by atoms with Gasteiger partial charge >= 0.3 is 0 Å². The number of thiazole rings is 1. The van der Waals surface area contributed by atoms with Crippen molar-refractivity contribution in [2.24, 2.45) is 0 Å². The molecule has 25 heavy (non-hydrogen) atoms. The second-order valence-electron chi connectivity index (χ2n) is 6.09. The van der Waals surface area contributed by atoms with Crippen LogP contribution in [-0.4, -0.2) is 29.4 Å². The highest BCUT2D eigenvalue weighted by molar-refractivity contribution is 7.18. The Labute approximate surface area is 156 Å². The van der Waals surface area contributed by atoms with Crippen LogP contribution in [0, 0.1) is 0 Å². The highest BCUT2D eigenvalue weighted by Gasteiger charge is 2.13. The molecule has 2 aromatic carbocycles. The molecule has 1 heterocycles. The first-order valence-electron chi connectivity index (χ1n) is 8.09. The molecule has 0 aliphatic heterocycles. The molecule has 0 aliphatic carbocycles. The SMILES string of the molecule is C[C@H](NC(=O)CN(C)Cc1nc2ccccc2s1)c1ccc(Cl)cc1. The van der Waals surface area contributed by atoms with Crippen molar-refractivity contribution in [3.05, 3.63) is 64.1 Å². The van der Waals surface area contributed by atoms with Crippen LogP contribution < -0.4 is 5.32 Å². The molecule has 0 unspecified atom stereocenters. The Morgan fingerprint density at radius 1 is 1.24 bits per heavy atom. The van der Waals surface area contributed by atoms with Crippen molar-refractivity contribution in [3.8, 4) is 0 Å². The molecular formula is C19H20ClN3OS. The van der Waals surface area contributed by atoms with E-state index in [0.29, 0.717) is 18.1 Å². The standard InChI is InChI=1S/C19H20ClN3OS/c1-13(14-7-9-15(20)10-8-14)21-18(24)11-23(2)12-19-22-16-5-3-4-6-17(16)25-19/h3-10,13H,11-12H2,1-2H3,(H,21,24)/t13-/m0/s1. The van der Waals surface area contributed by atoms with Gasteiger partial charge in [0.1, 0.15) is 5.01 Å². The average Bonchev–Trinajstić information content (AvgIpc) is 2.97. The molecule has 0 saturated carbocycles. The number of halogens is 1. The lowest BCUT2D eigenvalue weighted by Crippen LogP contribution is -2.36. The van der Waals surface area contributed by atoms with E-state index >= 15 is 0 Å². The smallest absolute Gasteiger partial charge is 0.234 e. The second kappa shape index (κ2) is 7.95. The molecule has 0 saturated heterocycles. The van der Waals surface area contributed by atoms with Crippen LogP contribution in [0.4, 0.5) is 0 Å². The van der Waals surface area contributed by atoms with E-state index in [-0.39, 0.29) is 11.9 Å². The summed E-state index contributed by atoms with van der Waals surface area (Å²) in [5.41, 5.74) is 2.04. The lowest BCUT2D eigenvalue weighted by atomic mass is 10.1. The van der Waals surface area contributed by atoms with Crippen LogP contribution in [0.15, 0.2) is 48.5 Å².